The molecule has 0 saturated carbocycles. The highest BCUT2D eigenvalue weighted by Crippen LogP contribution is 2.31. The molecule has 6 aromatic rings. The lowest BCUT2D eigenvalue weighted by Gasteiger charge is -2.31. The van der Waals surface area contributed by atoms with E-state index in [0.717, 1.165) is 26.9 Å². The van der Waals surface area contributed by atoms with E-state index in [0.29, 0.717) is 53.7 Å². The van der Waals surface area contributed by atoms with Gasteiger partial charge in [-0.3, -0.25) is 14.8 Å². The number of benzene rings is 3. The summed E-state index contributed by atoms with van der Waals surface area (Å²) in [6.07, 6.45) is 4.06. The number of phenols is 1. The van der Waals surface area contributed by atoms with Crippen LogP contribution >= 0.6 is 11.3 Å². The first-order valence-corrected chi connectivity index (χ1v) is 14.8. The van der Waals surface area contributed by atoms with Crippen molar-refractivity contribution in [3.63, 3.8) is 0 Å². The lowest BCUT2D eigenvalue weighted by atomic mass is 9.94. The van der Waals surface area contributed by atoms with Gasteiger partial charge in [0.2, 0.25) is 0 Å². The summed E-state index contributed by atoms with van der Waals surface area (Å²) in [7, 11) is 0. The summed E-state index contributed by atoms with van der Waals surface area (Å²) in [5.41, 5.74) is 5.22. The molecule has 0 spiro atoms. The lowest BCUT2D eigenvalue weighted by molar-refractivity contribution is 0.0691. The molecule has 3 aromatic heterocycles. The molecule has 44 heavy (non-hydrogen) atoms. The fourth-order valence-electron chi connectivity index (χ4n) is 5.53. The minimum absolute atomic E-state index is 0.0768. The summed E-state index contributed by atoms with van der Waals surface area (Å²) in [5, 5.41) is 27.7. The fraction of sp³-hybridized carbons (Fsp3) is 0.121. The number of amides is 1. The minimum atomic E-state index is -1.14. The molecule has 4 heterocycles. The van der Waals surface area contributed by atoms with Gasteiger partial charge in [0.05, 0.1) is 23.0 Å². The van der Waals surface area contributed by atoms with Crippen LogP contribution in [0.3, 0.4) is 0 Å². The summed E-state index contributed by atoms with van der Waals surface area (Å²) in [6.45, 7) is 1.46. The predicted molar refractivity (Wildman–Crippen MR) is 168 cm³/mol. The van der Waals surface area contributed by atoms with Crippen LogP contribution < -0.4 is 10.2 Å². The van der Waals surface area contributed by atoms with Crippen molar-refractivity contribution >= 4 is 44.4 Å². The van der Waals surface area contributed by atoms with Gasteiger partial charge in [-0.25, -0.2) is 14.8 Å². The molecule has 0 unspecified atom stereocenters. The van der Waals surface area contributed by atoms with E-state index in [9.17, 15) is 19.8 Å². The first kappa shape index (κ1) is 27.3. The Balaban J connectivity index is 1.13. The number of hydrogen-bond donors (Lipinski definition) is 3. The summed E-state index contributed by atoms with van der Waals surface area (Å²) < 4.78 is 2.68. The average Bonchev–Trinajstić information content (AvgIpc) is 3.66. The number of fused-ring (bicyclic) bond motifs is 2. The Bertz CT molecular complexity index is 2020. The van der Waals surface area contributed by atoms with Crippen LogP contribution in [0.4, 0.5) is 10.9 Å². The number of carboxylic acids is 1. The Morgan fingerprint density at radius 2 is 1.84 bits per heavy atom. The van der Waals surface area contributed by atoms with E-state index < -0.39 is 5.97 Å². The Kier molecular flexibility index (Phi) is 6.99. The molecule has 0 aliphatic carbocycles. The molecule has 1 amide bonds. The molecule has 0 atom stereocenters. The summed E-state index contributed by atoms with van der Waals surface area (Å²) >= 11 is 1.43. The number of anilines is 2. The minimum Gasteiger partial charge on any atom is -0.508 e. The molecule has 218 valence electrons. The molecule has 0 bridgehead atoms. The number of carboxylic acid groups (broad SMARTS) is 1. The maximum atomic E-state index is 13.4. The SMILES string of the molecule is O=C(Nc1nc2ccccc2s1)c1cccc2c1CN(c1ccc(-c3cnn(Cc4cccc(O)c4)c3)c(C(=O)O)n1)CC2. The number of carbonyl (C=O) groups is 2. The van der Waals surface area contributed by atoms with Gasteiger partial charge in [0.25, 0.3) is 5.91 Å². The molecule has 10 nitrogen and oxygen atoms in total. The second-order valence-corrected chi connectivity index (χ2v) is 11.6. The molecule has 3 N–H and O–H groups in total. The molecule has 1 aliphatic rings. The molecule has 0 fully saturated rings. The van der Waals surface area contributed by atoms with Gasteiger partial charge in [0.15, 0.2) is 10.8 Å². The molecule has 11 heteroatoms. The van der Waals surface area contributed by atoms with Crippen LogP contribution in [0.15, 0.2) is 91.3 Å². The van der Waals surface area contributed by atoms with Crippen LogP contribution in [-0.2, 0) is 19.5 Å². The monoisotopic (exact) mass is 602 g/mol. The van der Waals surface area contributed by atoms with Gasteiger partial charge >= 0.3 is 5.97 Å². The number of aromatic hydroxyl groups is 1. The second-order valence-electron chi connectivity index (χ2n) is 10.5. The highest BCUT2D eigenvalue weighted by Gasteiger charge is 2.25. The largest absolute Gasteiger partial charge is 0.508 e. The molecular weight excluding hydrogens is 576 g/mol. The summed E-state index contributed by atoms with van der Waals surface area (Å²) in [4.78, 5) is 36.9. The highest BCUT2D eigenvalue weighted by atomic mass is 32.1. The first-order chi connectivity index (χ1) is 21.4. The number of nitrogens with zero attached hydrogens (tertiary/aromatic N) is 5. The van der Waals surface area contributed by atoms with Crippen LogP contribution in [0.5, 0.6) is 5.75 Å². The first-order valence-electron chi connectivity index (χ1n) is 14.0. The molecular formula is C33H26N6O4S. The number of aromatic carboxylic acids is 1. The molecule has 0 radical (unpaired) electrons. The van der Waals surface area contributed by atoms with Crippen molar-refractivity contribution in [1.82, 2.24) is 19.7 Å². The van der Waals surface area contributed by atoms with E-state index in [-0.39, 0.29) is 17.4 Å². The number of aromatic nitrogens is 4. The van der Waals surface area contributed by atoms with E-state index >= 15 is 0 Å². The maximum absolute atomic E-state index is 13.4. The Morgan fingerprint density at radius 3 is 2.68 bits per heavy atom. The van der Waals surface area contributed by atoms with Crippen LogP contribution in [-0.4, -0.2) is 48.4 Å². The number of nitrogens with one attached hydrogen (secondary N) is 1. The van der Waals surface area contributed by atoms with E-state index in [1.807, 2.05) is 53.4 Å². The maximum Gasteiger partial charge on any atom is 0.355 e. The number of phenolic OH excluding ortho intramolecular Hbond substituents is 1. The predicted octanol–water partition coefficient (Wildman–Crippen LogP) is 5.82. The zero-order valence-electron chi connectivity index (χ0n) is 23.3. The highest BCUT2D eigenvalue weighted by molar-refractivity contribution is 7.22. The Labute approximate surface area is 255 Å². The van der Waals surface area contributed by atoms with Gasteiger partial charge in [-0.15, -0.1) is 0 Å². The molecule has 7 rings (SSSR count). The van der Waals surface area contributed by atoms with Gasteiger partial charge in [-0.2, -0.15) is 5.10 Å². The standard InChI is InChI=1S/C33H26N6O4S/c40-23-7-3-5-20(15-23)17-39-18-22(16-34-39)24-11-12-29(36-30(24)32(42)43)38-14-13-21-6-4-8-25(26(21)19-38)31(41)37-33-35-27-9-1-2-10-28(27)44-33/h1-12,15-16,18,40H,13-14,17,19H2,(H,42,43)(H,35,37,41). The summed E-state index contributed by atoms with van der Waals surface area (Å²) in [5.74, 6) is -0.689. The number of carbonyl (C=O) groups excluding carboxylic acids is 1. The van der Waals surface area contributed by atoms with Gasteiger partial charge in [0.1, 0.15) is 11.6 Å². The van der Waals surface area contributed by atoms with Gasteiger partial charge in [-0.1, -0.05) is 47.7 Å². The van der Waals surface area contributed by atoms with E-state index in [4.69, 9.17) is 0 Å². The number of thiazole rings is 1. The fourth-order valence-corrected chi connectivity index (χ4v) is 6.39. The van der Waals surface area contributed by atoms with Crippen molar-refractivity contribution in [3.8, 4) is 16.9 Å². The molecule has 0 saturated heterocycles. The van der Waals surface area contributed by atoms with Crippen LogP contribution in [0, 0.1) is 0 Å². The normalized spacial score (nSPS) is 12.7. The molecule has 3 aromatic carbocycles. The third kappa shape index (κ3) is 5.36. The summed E-state index contributed by atoms with van der Waals surface area (Å²) in [6, 6.07) is 23.9. The second kappa shape index (κ2) is 11.3. The van der Waals surface area contributed by atoms with Crippen molar-refractivity contribution in [1.29, 1.82) is 0 Å². The zero-order chi connectivity index (χ0) is 30.2. The van der Waals surface area contributed by atoms with Crippen LogP contribution in [0.2, 0.25) is 0 Å². The van der Waals surface area contributed by atoms with Gasteiger partial charge < -0.3 is 15.1 Å². The van der Waals surface area contributed by atoms with E-state index in [1.165, 1.54) is 11.3 Å². The topological polar surface area (TPSA) is 133 Å². The number of rotatable bonds is 7. The van der Waals surface area contributed by atoms with Gasteiger partial charge in [-0.05, 0) is 65.6 Å². The number of pyridine rings is 1. The van der Waals surface area contributed by atoms with Crippen molar-refractivity contribution in [2.75, 3.05) is 16.8 Å². The zero-order valence-corrected chi connectivity index (χ0v) is 24.2. The number of para-hydroxylation sites is 1. The smallest absolute Gasteiger partial charge is 0.355 e. The third-order valence-corrected chi connectivity index (χ3v) is 8.59. The van der Waals surface area contributed by atoms with Crippen LogP contribution in [0.1, 0.15) is 37.5 Å². The Hall–Kier alpha value is -5.55. The molecule has 1 aliphatic heterocycles. The lowest BCUT2D eigenvalue weighted by Crippen LogP contribution is -2.33. The van der Waals surface area contributed by atoms with E-state index in [2.05, 4.69) is 20.4 Å². The number of hydrogen-bond acceptors (Lipinski definition) is 8. The quantitative estimate of drug-likeness (QED) is 0.208. The van der Waals surface area contributed by atoms with Gasteiger partial charge in [0, 0.05) is 36.0 Å². The van der Waals surface area contributed by atoms with Crippen molar-refractivity contribution in [2.45, 2.75) is 19.5 Å². The van der Waals surface area contributed by atoms with Crippen molar-refractivity contribution in [2.24, 2.45) is 0 Å². The third-order valence-electron chi connectivity index (χ3n) is 7.64. The van der Waals surface area contributed by atoms with Crippen molar-refractivity contribution in [3.05, 3.63) is 119 Å². The van der Waals surface area contributed by atoms with Crippen LogP contribution in [0.25, 0.3) is 21.3 Å². The Morgan fingerprint density at radius 1 is 0.977 bits per heavy atom. The average molecular weight is 603 g/mol. The van der Waals surface area contributed by atoms with E-state index in [1.54, 1.807) is 47.4 Å². The van der Waals surface area contributed by atoms with Crippen molar-refractivity contribution < 1.29 is 19.8 Å².